The van der Waals surface area contributed by atoms with Crippen LogP contribution < -0.4 is 0 Å². The van der Waals surface area contributed by atoms with Crippen LogP contribution >= 0.6 is 11.6 Å². The minimum atomic E-state index is -0.536. The Morgan fingerprint density at radius 2 is 2.28 bits per heavy atom. The average molecular weight is 271 g/mol. The lowest BCUT2D eigenvalue weighted by Crippen LogP contribution is -2.32. The third kappa shape index (κ3) is 2.99. The topological polar surface area (TPSA) is 33.2 Å². The number of aromatic nitrogens is 1. The molecule has 1 saturated heterocycles. The highest BCUT2D eigenvalue weighted by molar-refractivity contribution is 6.32. The van der Waals surface area contributed by atoms with Crippen molar-refractivity contribution >= 4 is 17.5 Å². The Balaban J connectivity index is 2.17. The summed E-state index contributed by atoms with van der Waals surface area (Å²) in [7, 11) is 0. The first-order valence-electron chi connectivity index (χ1n) is 6.18. The molecule has 2 heterocycles. The van der Waals surface area contributed by atoms with E-state index in [1.54, 1.807) is 4.90 Å². The van der Waals surface area contributed by atoms with Gasteiger partial charge in [-0.2, -0.15) is 0 Å². The molecule has 0 radical (unpaired) electrons. The zero-order valence-corrected chi connectivity index (χ0v) is 11.1. The monoisotopic (exact) mass is 270 g/mol. The van der Waals surface area contributed by atoms with E-state index in [-0.39, 0.29) is 16.6 Å². The summed E-state index contributed by atoms with van der Waals surface area (Å²) in [6.07, 6.45) is 4.10. The van der Waals surface area contributed by atoms with Crippen molar-refractivity contribution in [3.8, 4) is 0 Å². The van der Waals surface area contributed by atoms with Crippen LogP contribution in [0.2, 0.25) is 5.15 Å². The van der Waals surface area contributed by atoms with Crippen molar-refractivity contribution in [2.75, 3.05) is 13.1 Å². The molecule has 0 saturated carbocycles. The summed E-state index contributed by atoms with van der Waals surface area (Å²) in [6, 6.07) is 1.16. The molecule has 18 heavy (non-hydrogen) atoms. The van der Waals surface area contributed by atoms with Gasteiger partial charge in [-0.15, -0.1) is 0 Å². The van der Waals surface area contributed by atoms with Crippen LogP contribution in [0.5, 0.6) is 0 Å². The second-order valence-corrected chi connectivity index (χ2v) is 5.18. The van der Waals surface area contributed by atoms with Gasteiger partial charge in [0.2, 0.25) is 0 Å². The molecule has 1 fully saturated rings. The van der Waals surface area contributed by atoms with Gasteiger partial charge in [-0.1, -0.05) is 18.5 Å². The molecule has 0 aliphatic carbocycles. The Kier molecular flexibility index (Phi) is 4.17. The molecule has 1 atom stereocenters. The van der Waals surface area contributed by atoms with E-state index in [2.05, 4.69) is 11.9 Å². The second-order valence-electron chi connectivity index (χ2n) is 4.82. The van der Waals surface area contributed by atoms with Crippen LogP contribution in [0.25, 0.3) is 0 Å². The van der Waals surface area contributed by atoms with E-state index in [9.17, 15) is 9.18 Å². The first-order valence-corrected chi connectivity index (χ1v) is 6.56. The van der Waals surface area contributed by atoms with Gasteiger partial charge in [0.1, 0.15) is 11.0 Å². The van der Waals surface area contributed by atoms with Gasteiger partial charge >= 0.3 is 0 Å². The Bertz CT molecular complexity index is 453. The minimum absolute atomic E-state index is 0.0682. The van der Waals surface area contributed by atoms with Crippen molar-refractivity contribution in [1.82, 2.24) is 9.88 Å². The fraction of sp³-hybridized carbons (Fsp3) is 0.538. The summed E-state index contributed by atoms with van der Waals surface area (Å²) in [5.74, 6) is -0.129. The highest BCUT2D eigenvalue weighted by atomic mass is 35.5. The van der Waals surface area contributed by atoms with Gasteiger partial charge in [0.15, 0.2) is 0 Å². The first-order chi connectivity index (χ1) is 8.58. The molecule has 0 aromatic carbocycles. The van der Waals surface area contributed by atoms with Gasteiger partial charge in [-0.3, -0.25) is 4.79 Å². The Labute approximate surface area is 111 Å². The number of hydrogen-bond donors (Lipinski definition) is 0. The van der Waals surface area contributed by atoms with E-state index in [0.717, 1.165) is 31.5 Å². The molecular weight excluding hydrogens is 255 g/mol. The maximum atomic E-state index is 13.1. The van der Waals surface area contributed by atoms with Crippen LogP contribution in [-0.4, -0.2) is 28.9 Å². The number of carbonyl (C=O) groups is 1. The van der Waals surface area contributed by atoms with Crippen molar-refractivity contribution in [3.05, 3.63) is 28.8 Å². The third-order valence-electron chi connectivity index (χ3n) is 3.34. The number of likely N-dealkylation sites (tertiary alicyclic amines) is 1. The smallest absolute Gasteiger partial charge is 0.257 e. The van der Waals surface area contributed by atoms with Crippen molar-refractivity contribution in [2.45, 2.75) is 26.2 Å². The van der Waals surface area contributed by atoms with Crippen LogP contribution in [0.3, 0.4) is 0 Å². The van der Waals surface area contributed by atoms with Crippen molar-refractivity contribution in [3.63, 3.8) is 0 Å². The summed E-state index contributed by atoms with van der Waals surface area (Å²) >= 11 is 5.85. The number of rotatable bonds is 1. The molecule has 0 spiro atoms. The number of amides is 1. The number of pyridine rings is 1. The van der Waals surface area contributed by atoms with Crippen molar-refractivity contribution in [2.24, 2.45) is 5.92 Å². The molecule has 3 nitrogen and oxygen atoms in total. The Morgan fingerprint density at radius 1 is 1.50 bits per heavy atom. The number of halogens is 2. The van der Waals surface area contributed by atoms with E-state index in [0.29, 0.717) is 19.0 Å². The Hall–Kier alpha value is -1.16. The lowest BCUT2D eigenvalue weighted by molar-refractivity contribution is 0.0759. The molecule has 98 valence electrons. The first kappa shape index (κ1) is 13.3. The lowest BCUT2D eigenvalue weighted by Gasteiger charge is -2.20. The molecule has 0 bridgehead atoms. The zero-order chi connectivity index (χ0) is 13.1. The number of carbonyl (C=O) groups excluding carboxylic acids is 1. The highest BCUT2D eigenvalue weighted by Gasteiger charge is 2.22. The van der Waals surface area contributed by atoms with Gasteiger partial charge in [-0.05, 0) is 31.2 Å². The van der Waals surface area contributed by atoms with Crippen LogP contribution in [0, 0.1) is 11.7 Å². The van der Waals surface area contributed by atoms with Gasteiger partial charge in [0, 0.05) is 13.1 Å². The van der Waals surface area contributed by atoms with Crippen molar-refractivity contribution in [1.29, 1.82) is 0 Å². The zero-order valence-electron chi connectivity index (χ0n) is 10.3. The lowest BCUT2D eigenvalue weighted by atomic mass is 10.0. The molecule has 1 aliphatic rings. The summed E-state index contributed by atoms with van der Waals surface area (Å²) in [6.45, 7) is 3.59. The SMILES string of the molecule is CC1CCCN(C(=O)c2cc(F)cnc2Cl)CC1. The van der Waals surface area contributed by atoms with E-state index in [4.69, 9.17) is 11.6 Å². The van der Waals surface area contributed by atoms with E-state index >= 15 is 0 Å². The van der Waals surface area contributed by atoms with E-state index in [1.165, 1.54) is 0 Å². The standard InChI is InChI=1S/C13H16ClFN2O/c1-9-3-2-5-17(6-4-9)13(18)11-7-10(15)8-16-12(11)14/h7-9H,2-6H2,1H3. The molecule has 1 aromatic rings. The van der Waals surface area contributed by atoms with Gasteiger partial charge < -0.3 is 4.90 Å². The largest absolute Gasteiger partial charge is 0.339 e. The summed E-state index contributed by atoms with van der Waals surface area (Å²) in [5.41, 5.74) is 0.159. The summed E-state index contributed by atoms with van der Waals surface area (Å²) < 4.78 is 13.1. The van der Waals surface area contributed by atoms with Crippen LogP contribution in [-0.2, 0) is 0 Å². The average Bonchev–Trinajstić information content (AvgIpc) is 2.56. The van der Waals surface area contributed by atoms with E-state index < -0.39 is 5.82 Å². The number of hydrogen-bond acceptors (Lipinski definition) is 2. The predicted octanol–water partition coefficient (Wildman–Crippen LogP) is 3.14. The fourth-order valence-corrected chi connectivity index (χ4v) is 2.39. The molecule has 1 amide bonds. The minimum Gasteiger partial charge on any atom is -0.339 e. The Morgan fingerprint density at radius 3 is 3.06 bits per heavy atom. The predicted molar refractivity (Wildman–Crippen MR) is 68.1 cm³/mol. The third-order valence-corrected chi connectivity index (χ3v) is 3.64. The molecule has 1 aliphatic heterocycles. The van der Waals surface area contributed by atoms with Crippen LogP contribution in [0.4, 0.5) is 4.39 Å². The van der Waals surface area contributed by atoms with Gasteiger partial charge in [0.05, 0.1) is 11.8 Å². The molecule has 1 unspecified atom stereocenters. The normalized spacial score (nSPS) is 20.6. The molecule has 1 aromatic heterocycles. The van der Waals surface area contributed by atoms with Crippen LogP contribution in [0.1, 0.15) is 36.5 Å². The maximum absolute atomic E-state index is 13.1. The molecule has 5 heteroatoms. The molecule has 2 rings (SSSR count). The summed E-state index contributed by atoms with van der Waals surface area (Å²) in [4.78, 5) is 17.7. The molecule has 0 N–H and O–H groups in total. The quantitative estimate of drug-likeness (QED) is 0.735. The molecular formula is C13H16ClFN2O. The van der Waals surface area contributed by atoms with Crippen molar-refractivity contribution < 1.29 is 9.18 Å². The van der Waals surface area contributed by atoms with Crippen LogP contribution in [0.15, 0.2) is 12.3 Å². The van der Waals surface area contributed by atoms with Gasteiger partial charge in [-0.25, -0.2) is 9.37 Å². The maximum Gasteiger partial charge on any atom is 0.257 e. The summed E-state index contributed by atoms with van der Waals surface area (Å²) in [5, 5.41) is 0.0682. The highest BCUT2D eigenvalue weighted by Crippen LogP contribution is 2.21. The second kappa shape index (κ2) is 5.65. The fourth-order valence-electron chi connectivity index (χ4n) is 2.21. The van der Waals surface area contributed by atoms with Gasteiger partial charge in [0.25, 0.3) is 5.91 Å². The van der Waals surface area contributed by atoms with E-state index in [1.807, 2.05) is 0 Å². The number of nitrogens with zero attached hydrogens (tertiary/aromatic N) is 2.